The number of para-hydroxylation sites is 1. The second kappa shape index (κ2) is 9.57. The summed E-state index contributed by atoms with van der Waals surface area (Å²) in [6.07, 6.45) is 0.694. The summed E-state index contributed by atoms with van der Waals surface area (Å²) in [6, 6.07) is 17.1. The van der Waals surface area contributed by atoms with Gasteiger partial charge in [-0.1, -0.05) is 49.4 Å². The molecule has 1 atom stereocenters. The molecule has 2 amide bonds. The number of ether oxygens (including phenoxy) is 1. The van der Waals surface area contributed by atoms with E-state index in [1.165, 1.54) is 0 Å². The molecule has 0 aliphatic heterocycles. The van der Waals surface area contributed by atoms with Crippen molar-refractivity contribution in [1.82, 2.24) is 10.6 Å². The monoisotopic (exact) mass is 328 g/mol. The predicted octanol–water partition coefficient (Wildman–Crippen LogP) is 2.84. The molecule has 24 heavy (non-hydrogen) atoms. The summed E-state index contributed by atoms with van der Waals surface area (Å²) in [6.45, 7) is 2.80. The van der Waals surface area contributed by atoms with Gasteiger partial charge in [-0.3, -0.25) is 0 Å². The van der Waals surface area contributed by atoms with Crippen molar-refractivity contribution >= 4 is 6.03 Å². The highest BCUT2D eigenvalue weighted by Crippen LogP contribution is 2.12. The highest BCUT2D eigenvalue weighted by atomic mass is 16.5. The van der Waals surface area contributed by atoms with Crippen molar-refractivity contribution in [3.05, 3.63) is 65.7 Å². The quantitative estimate of drug-likeness (QED) is 0.698. The highest BCUT2D eigenvalue weighted by Gasteiger charge is 2.08. The maximum absolute atomic E-state index is 11.7. The van der Waals surface area contributed by atoms with Crippen molar-refractivity contribution in [2.24, 2.45) is 0 Å². The van der Waals surface area contributed by atoms with Gasteiger partial charge in [0, 0.05) is 6.54 Å². The fourth-order valence-electron chi connectivity index (χ4n) is 2.13. The Morgan fingerprint density at radius 1 is 1.08 bits per heavy atom. The van der Waals surface area contributed by atoms with Crippen molar-refractivity contribution in [3.63, 3.8) is 0 Å². The van der Waals surface area contributed by atoms with Gasteiger partial charge in [0.2, 0.25) is 0 Å². The van der Waals surface area contributed by atoms with Crippen molar-refractivity contribution in [2.75, 3.05) is 6.61 Å². The van der Waals surface area contributed by atoms with Crippen LogP contribution in [-0.2, 0) is 13.2 Å². The highest BCUT2D eigenvalue weighted by molar-refractivity contribution is 5.74. The lowest BCUT2D eigenvalue weighted by molar-refractivity contribution is 0.214. The number of carbonyl (C=O) groups is 1. The minimum atomic E-state index is -0.271. The molecule has 0 heterocycles. The normalized spacial score (nSPS) is 11.6. The average molecular weight is 328 g/mol. The maximum Gasteiger partial charge on any atom is 0.315 e. The van der Waals surface area contributed by atoms with E-state index in [-0.39, 0.29) is 18.7 Å². The van der Waals surface area contributed by atoms with Crippen LogP contribution in [0.4, 0.5) is 4.79 Å². The molecule has 5 nitrogen and oxygen atoms in total. The molecule has 0 aliphatic rings. The van der Waals surface area contributed by atoms with E-state index in [0.717, 1.165) is 16.9 Å². The molecule has 0 radical (unpaired) electrons. The summed E-state index contributed by atoms with van der Waals surface area (Å²) in [5.41, 5.74) is 2.07. The first kappa shape index (κ1) is 17.8. The number of carbonyl (C=O) groups excluding carboxylic acids is 1. The first-order chi connectivity index (χ1) is 11.7. The lowest BCUT2D eigenvalue weighted by atomic mass is 10.1. The van der Waals surface area contributed by atoms with E-state index >= 15 is 0 Å². The Balaban J connectivity index is 1.76. The second-order valence-corrected chi connectivity index (χ2v) is 5.53. The Hall–Kier alpha value is -2.53. The Labute approximate surface area is 142 Å². The third-order valence-corrected chi connectivity index (χ3v) is 3.67. The standard InChI is InChI=1S/C19H24N2O3/c1-2-17(13-22)21-19(23)20-12-15-8-10-16(11-9-15)14-24-18-6-4-3-5-7-18/h3-11,17,22H,2,12-14H2,1H3,(H2,20,21,23). The molecule has 0 saturated carbocycles. The number of benzene rings is 2. The SMILES string of the molecule is CCC(CO)NC(=O)NCc1ccc(COc2ccccc2)cc1. The molecule has 5 heteroatoms. The van der Waals surface area contributed by atoms with Crippen LogP contribution in [0.25, 0.3) is 0 Å². The smallest absolute Gasteiger partial charge is 0.315 e. The van der Waals surface area contributed by atoms with Gasteiger partial charge in [0.25, 0.3) is 0 Å². The molecule has 0 aliphatic carbocycles. The Bertz CT molecular complexity index is 610. The molecular weight excluding hydrogens is 304 g/mol. The lowest BCUT2D eigenvalue weighted by Gasteiger charge is -2.14. The van der Waals surface area contributed by atoms with E-state index in [4.69, 9.17) is 9.84 Å². The van der Waals surface area contributed by atoms with Gasteiger partial charge in [-0.2, -0.15) is 0 Å². The van der Waals surface area contributed by atoms with Gasteiger partial charge in [0.1, 0.15) is 12.4 Å². The Morgan fingerprint density at radius 2 is 1.75 bits per heavy atom. The van der Waals surface area contributed by atoms with Crippen molar-refractivity contribution in [1.29, 1.82) is 0 Å². The number of hydrogen-bond acceptors (Lipinski definition) is 3. The zero-order valence-corrected chi connectivity index (χ0v) is 13.9. The summed E-state index contributed by atoms with van der Waals surface area (Å²) in [7, 11) is 0. The van der Waals surface area contributed by atoms with Crippen LogP contribution in [0.1, 0.15) is 24.5 Å². The van der Waals surface area contributed by atoms with E-state index in [1.54, 1.807) is 0 Å². The number of rotatable bonds is 8. The topological polar surface area (TPSA) is 70.6 Å². The van der Waals surface area contributed by atoms with Gasteiger partial charge in [-0.25, -0.2) is 4.79 Å². The Kier molecular flexibility index (Phi) is 7.11. The van der Waals surface area contributed by atoms with Gasteiger partial charge >= 0.3 is 6.03 Å². The fourth-order valence-corrected chi connectivity index (χ4v) is 2.13. The zero-order valence-electron chi connectivity index (χ0n) is 13.9. The van der Waals surface area contributed by atoms with Gasteiger partial charge in [0.15, 0.2) is 0 Å². The van der Waals surface area contributed by atoms with E-state index in [1.807, 2.05) is 61.5 Å². The molecule has 2 rings (SSSR count). The minimum absolute atomic E-state index is 0.0555. The number of aliphatic hydroxyl groups excluding tert-OH is 1. The molecule has 0 aromatic heterocycles. The molecular formula is C19H24N2O3. The van der Waals surface area contributed by atoms with E-state index in [0.29, 0.717) is 19.6 Å². The number of aliphatic hydroxyl groups is 1. The summed E-state index contributed by atoms with van der Waals surface area (Å²) >= 11 is 0. The average Bonchev–Trinajstić information content (AvgIpc) is 2.64. The van der Waals surface area contributed by atoms with Gasteiger partial charge < -0.3 is 20.5 Å². The number of nitrogens with one attached hydrogen (secondary N) is 2. The van der Waals surface area contributed by atoms with Crippen LogP contribution < -0.4 is 15.4 Å². The van der Waals surface area contributed by atoms with Crippen LogP contribution in [0.2, 0.25) is 0 Å². The van der Waals surface area contributed by atoms with Gasteiger partial charge in [-0.15, -0.1) is 0 Å². The summed E-state index contributed by atoms with van der Waals surface area (Å²) in [5.74, 6) is 0.842. The number of amides is 2. The fraction of sp³-hybridized carbons (Fsp3) is 0.316. The molecule has 0 spiro atoms. The van der Waals surface area contributed by atoms with Crippen LogP contribution in [0, 0.1) is 0 Å². The summed E-state index contributed by atoms with van der Waals surface area (Å²) in [5, 5.41) is 14.6. The van der Waals surface area contributed by atoms with Crippen molar-refractivity contribution in [3.8, 4) is 5.75 Å². The molecule has 0 bridgehead atoms. The van der Waals surface area contributed by atoms with Crippen LogP contribution >= 0.6 is 0 Å². The van der Waals surface area contributed by atoms with E-state index in [9.17, 15) is 4.79 Å². The third kappa shape index (κ3) is 5.93. The minimum Gasteiger partial charge on any atom is -0.489 e. The van der Waals surface area contributed by atoms with Crippen molar-refractivity contribution < 1.29 is 14.6 Å². The molecule has 128 valence electrons. The first-order valence-electron chi connectivity index (χ1n) is 8.12. The second-order valence-electron chi connectivity index (χ2n) is 5.53. The van der Waals surface area contributed by atoms with E-state index in [2.05, 4.69) is 10.6 Å². The van der Waals surface area contributed by atoms with Crippen LogP contribution in [0.15, 0.2) is 54.6 Å². The number of hydrogen-bond donors (Lipinski definition) is 3. The van der Waals surface area contributed by atoms with Crippen LogP contribution in [0.5, 0.6) is 5.75 Å². The molecule has 2 aromatic carbocycles. The number of urea groups is 1. The summed E-state index contributed by atoms with van der Waals surface area (Å²) in [4.78, 5) is 11.7. The van der Waals surface area contributed by atoms with Gasteiger partial charge in [-0.05, 0) is 29.7 Å². The third-order valence-electron chi connectivity index (χ3n) is 3.67. The molecule has 3 N–H and O–H groups in total. The van der Waals surface area contributed by atoms with Crippen LogP contribution in [0.3, 0.4) is 0 Å². The molecule has 0 saturated heterocycles. The first-order valence-corrected chi connectivity index (χ1v) is 8.12. The molecule has 1 unspecified atom stereocenters. The van der Waals surface area contributed by atoms with E-state index < -0.39 is 0 Å². The van der Waals surface area contributed by atoms with Crippen LogP contribution in [-0.4, -0.2) is 23.8 Å². The molecule has 2 aromatic rings. The largest absolute Gasteiger partial charge is 0.489 e. The molecule has 0 fully saturated rings. The maximum atomic E-state index is 11.7. The summed E-state index contributed by atoms with van der Waals surface area (Å²) < 4.78 is 5.70. The van der Waals surface area contributed by atoms with Gasteiger partial charge in [0.05, 0.1) is 12.6 Å². The lowest BCUT2D eigenvalue weighted by Crippen LogP contribution is -2.43. The predicted molar refractivity (Wildman–Crippen MR) is 93.8 cm³/mol. The Morgan fingerprint density at radius 3 is 2.38 bits per heavy atom. The van der Waals surface area contributed by atoms with Crippen molar-refractivity contribution in [2.45, 2.75) is 32.5 Å². The zero-order chi connectivity index (χ0) is 17.2.